The highest BCUT2D eigenvalue weighted by molar-refractivity contribution is 5.92. The highest BCUT2D eigenvalue weighted by Gasteiger charge is 2.67. The molecular formula is C28H35N3O. The molecule has 2 fully saturated rings. The van der Waals surface area contributed by atoms with Gasteiger partial charge in [0.15, 0.2) is 5.54 Å². The molecule has 3 heterocycles. The number of benzene rings is 2. The lowest BCUT2D eigenvalue weighted by atomic mass is 9.59. The largest absolute Gasteiger partial charge is 0.350 e. The Morgan fingerprint density at radius 2 is 1.88 bits per heavy atom. The van der Waals surface area contributed by atoms with Crippen LogP contribution in [0.1, 0.15) is 37.0 Å². The van der Waals surface area contributed by atoms with Gasteiger partial charge in [0, 0.05) is 37.8 Å². The molecule has 1 saturated heterocycles. The van der Waals surface area contributed by atoms with E-state index < -0.39 is 5.54 Å². The quantitative estimate of drug-likeness (QED) is 0.714. The topological polar surface area (TPSA) is 44.7 Å². The first kappa shape index (κ1) is 21.4. The second-order valence-corrected chi connectivity index (χ2v) is 10.5. The number of carbonyl (C=O) groups is 1. The van der Waals surface area contributed by atoms with Crippen molar-refractivity contribution in [3.05, 3.63) is 71.3 Å². The molecule has 0 aromatic heterocycles. The number of nitrogens with one attached hydrogen (secondary N) is 1. The maximum Gasteiger partial charge on any atom is 0.250 e. The third-order valence-corrected chi connectivity index (χ3v) is 7.76. The molecule has 2 aromatic carbocycles. The van der Waals surface area contributed by atoms with Crippen LogP contribution in [0.4, 0.5) is 0 Å². The maximum absolute atomic E-state index is 13.8. The van der Waals surface area contributed by atoms with E-state index in [4.69, 9.17) is 4.99 Å². The highest BCUT2D eigenvalue weighted by Crippen LogP contribution is 2.54. The lowest BCUT2D eigenvalue weighted by molar-refractivity contribution is -0.132. The second kappa shape index (κ2) is 8.47. The SMILES string of the molecule is Cc1ccc(C[C@@H]2[C@@H]3C=N[C@@]4(C(=O)NCc5ccccc5)[C@@H](C3)CN(CC(C)C)[C@@H]24)cc1. The van der Waals surface area contributed by atoms with E-state index in [9.17, 15) is 4.79 Å². The van der Waals surface area contributed by atoms with Crippen LogP contribution < -0.4 is 5.32 Å². The van der Waals surface area contributed by atoms with E-state index in [1.165, 1.54) is 11.1 Å². The number of aryl methyl sites for hydroxylation is 1. The van der Waals surface area contributed by atoms with Crippen LogP contribution in [0.15, 0.2) is 59.6 Å². The van der Waals surface area contributed by atoms with Crippen LogP contribution in [0, 0.1) is 30.6 Å². The van der Waals surface area contributed by atoms with Gasteiger partial charge in [0.1, 0.15) is 0 Å². The van der Waals surface area contributed by atoms with E-state index in [1.54, 1.807) is 0 Å². The molecule has 3 aliphatic heterocycles. The van der Waals surface area contributed by atoms with Crippen molar-refractivity contribution in [3.8, 4) is 0 Å². The first-order valence-corrected chi connectivity index (χ1v) is 12.1. The molecule has 1 N–H and O–H groups in total. The van der Waals surface area contributed by atoms with Gasteiger partial charge in [0.25, 0.3) is 0 Å². The van der Waals surface area contributed by atoms with Gasteiger partial charge in [-0.3, -0.25) is 14.7 Å². The first-order chi connectivity index (χ1) is 15.5. The van der Waals surface area contributed by atoms with E-state index in [0.29, 0.717) is 30.2 Å². The number of carbonyl (C=O) groups excluding carboxylic acids is 1. The lowest BCUT2D eigenvalue weighted by Crippen LogP contribution is -2.66. The Hall–Kier alpha value is -2.46. The van der Waals surface area contributed by atoms with Gasteiger partial charge >= 0.3 is 0 Å². The normalized spacial score (nSPS) is 30.8. The standard InChI is InChI=1S/C28H35N3O/c1-19(2)17-31-18-24-14-23-16-30-28(24,27(32)29-15-22-7-5-4-6-8-22)26(31)25(23)13-21-11-9-20(3)10-12-21/h4-12,16,19,23-26H,13-15,17-18H2,1-3H3,(H,29,32)/t23-,24-,25+,26-,28-/m0/s1. The molecule has 4 aliphatic rings. The summed E-state index contributed by atoms with van der Waals surface area (Å²) in [6, 6.07) is 19.3. The van der Waals surface area contributed by atoms with Gasteiger partial charge in [-0.05, 0) is 48.6 Å². The van der Waals surface area contributed by atoms with Crippen LogP contribution in [-0.2, 0) is 17.8 Å². The summed E-state index contributed by atoms with van der Waals surface area (Å²) in [7, 11) is 0. The van der Waals surface area contributed by atoms with Gasteiger partial charge in [0.05, 0.1) is 0 Å². The third-order valence-electron chi connectivity index (χ3n) is 7.76. The monoisotopic (exact) mass is 429 g/mol. The summed E-state index contributed by atoms with van der Waals surface area (Å²) in [4.78, 5) is 21.5. The summed E-state index contributed by atoms with van der Waals surface area (Å²) in [6.45, 7) is 9.27. The predicted octanol–water partition coefficient (Wildman–Crippen LogP) is 4.27. The zero-order valence-corrected chi connectivity index (χ0v) is 19.5. The Morgan fingerprint density at radius 1 is 1.12 bits per heavy atom. The third kappa shape index (κ3) is 3.69. The predicted molar refractivity (Wildman–Crippen MR) is 130 cm³/mol. The second-order valence-electron chi connectivity index (χ2n) is 10.5. The average Bonchev–Trinajstić information content (AvgIpc) is 3.04. The smallest absolute Gasteiger partial charge is 0.250 e. The maximum atomic E-state index is 13.8. The van der Waals surface area contributed by atoms with Crippen molar-refractivity contribution in [1.82, 2.24) is 10.2 Å². The van der Waals surface area contributed by atoms with Gasteiger partial charge in [0.2, 0.25) is 5.91 Å². The summed E-state index contributed by atoms with van der Waals surface area (Å²) in [5.41, 5.74) is 3.15. The fourth-order valence-corrected chi connectivity index (χ4v) is 6.43. The number of aliphatic imine (C=N–C) groups is 1. The molecule has 1 aliphatic carbocycles. The molecule has 2 aromatic rings. The minimum atomic E-state index is -0.645. The molecule has 1 saturated carbocycles. The molecule has 0 spiro atoms. The Bertz CT molecular complexity index is 983. The van der Waals surface area contributed by atoms with E-state index in [-0.39, 0.29) is 11.9 Å². The summed E-state index contributed by atoms with van der Waals surface area (Å²) >= 11 is 0. The molecule has 5 atom stereocenters. The minimum Gasteiger partial charge on any atom is -0.350 e. The molecule has 6 rings (SSSR count). The van der Waals surface area contributed by atoms with E-state index in [2.05, 4.69) is 73.6 Å². The number of hydrogen-bond donors (Lipinski definition) is 1. The van der Waals surface area contributed by atoms with Crippen LogP contribution in [0.5, 0.6) is 0 Å². The summed E-state index contributed by atoms with van der Waals surface area (Å²) in [5, 5.41) is 3.27. The summed E-state index contributed by atoms with van der Waals surface area (Å²) in [5.74, 6) is 1.89. The molecular weight excluding hydrogens is 394 g/mol. The van der Waals surface area contributed by atoms with Gasteiger partial charge in [-0.25, -0.2) is 0 Å². The number of nitrogens with zero attached hydrogens (tertiary/aromatic N) is 2. The molecule has 1 amide bonds. The molecule has 4 bridgehead atoms. The van der Waals surface area contributed by atoms with Crippen molar-refractivity contribution in [3.63, 3.8) is 0 Å². The Balaban J connectivity index is 1.45. The Morgan fingerprint density at radius 3 is 2.59 bits per heavy atom. The van der Waals surface area contributed by atoms with Crippen molar-refractivity contribution < 1.29 is 4.79 Å². The van der Waals surface area contributed by atoms with E-state index >= 15 is 0 Å². The number of likely N-dealkylation sites (tertiary alicyclic amines) is 1. The first-order valence-electron chi connectivity index (χ1n) is 12.1. The van der Waals surface area contributed by atoms with Crippen LogP contribution in [-0.4, -0.2) is 41.7 Å². The number of hydrogen-bond acceptors (Lipinski definition) is 3. The lowest BCUT2D eigenvalue weighted by Gasteiger charge is -2.51. The van der Waals surface area contributed by atoms with Crippen LogP contribution in [0.2, 0.25) is 0 Å². The number of rotatable bonds is 7. The van der Waals surface area contributed by atoms with Gasteiger partial charge in [-0.2, -0.15) is 0 Å². The summed E-state index contributed by atoms with van der Waals surface area (Å²) < 4.78 is 0. The van der Waals surface area contributed by atoms with Crippen molar-refractivity contribution in [2.75, 3.05) is 13.1 Å². The van der Waals surface area contributed by atoms with Gasteiger partial charge in [-0.1, -0.05) is 74.0 Å². The zero-order chi connectivity index (χ0) is 22.3. The van der Waals surface area contributed by atoms with Crippen LogP contribution in [0.3, 0.4) is 0 Å². The van der Waals surface area contributed by atoms with Gasteiger partial charge < -0.3 is 5.32 Å². The molecule has 0 radical (unpaired) electrons. The molecule has 32 heavy (non-hydrogen) atoms. The molecule has 4 heteroatoms. The Labute approximate surface area is 192 Å². The Kier molecular flexibility index (Phi) is 5.66. The molecule has 168 valence electrons. The van der Waals surface area contributed by atoms with Crippen molar-refractivity contribution in [2.24, 2.45) is 28.7 Å². The molecule has 4 nitrogen and oxygen atoms in total. The fraction of sp³-hybridized carbons (Fsp3) is 0.500. The number of amides is 1. The summed E-state index contributed by atoms with van der Waals surface area (Å²) in [6.07, 6.45) is 4.22. The molecule has 0 unspecified atom stereocenters. The zero-order valence-electron chi connectivity index (χ0n) is 19.5. The minimum absolute atomic E-state index is 0.117. The van der Waals surface area contributed by atoms with E-state index in [0.717, 1.165) is 31.5 Å². The van der Waals surface area contributed by atoms with Crippen molar-refractivity contribution in [2.45, 2.75) is 51.7 Å². The van der Waals surface area contributed by atoms with E-state index in [1.807, 2.05) is 18.2 Å². The average molecular weight is 430 g/mol. The highest BCUT2D eigenvalue weighted by atomic mass is 16.2. The van der Waals surface area contributed by atoms with Gasteiger partial charge in [-0.15, -0.1) is 0 Å². The van der Waals surface area contributed by atoms with Crippen molar-refractivity contribution >= 4 is 12.1 Å². The fourth-order valence-electron chi connectivity index (χ4n) is 6.43. The van der Waals surface area contributed by atoms with Crippen LogP contribution >= 0.6 is 0 Å². The van der Waals surface area contributed by atoms with Crippen LogP contribution in [0.25, 0.3) is 0 Å². The van der Waals surface area contributed by atoms with Crippen molar-refractivity contribution in [1.29, 1.82) is 0 Å².